The van der Waals surface area contributed by atoms with Crippen LogP contribution in [0.2, 0.25) is 0 Å². The molecule has 0 spiro atoms. The molecule has 4 nitrogen and oxygen atoms in total. The van der Waals surface area contributed by atoms with E-state index in [1.165, 1.54) is 0 Å². The van der Waals surface area contributed by atoms with Gasteiger partial charge in [0.15, 0.2) is 0 Å². The Balaban J connectivity index is 3.37. The molecule has 0 rings (SSSR count). The van der Waals surface area contributed by atoms with E-state index < -0.39 is 6.10 Å². The van der Waals surface area contributed by atoms with Crippen LogP contribution in [0.4, 0.5) is 0 Å². The maximum atomic E-state index is 8.94. The van der Waals surface area contributed by atoms with Gasteiger partial charge >= 0.3 is 0 Å². The minimum Gasteiger partial charge on any atom is -0.394 e. The van der Waals surface area contributed by atoms with Crippen molar-refractivity contribution in [3.8, 4) is 0 Å². The zero-order chi connectivity index (χ0) is 8.85. The minimum atomic E-state index is -0.569. The summed E-state index contributed by atoms with van der Waals surface area (Å²) in [4.78, 5) is 0. The molecule has 0 fully saturated rings. The third-order valence-corrected chi connectivity index (χ3v) is 1.45. The first-order valence-electron chi connectivity index (χ1n) is 3.74. The Labute approximate surface area is 67.0 Å². The van der Waals surface area contributed by atoms with Crippen LogP contribution in [0.1, 0.15) is 13.8 Å². The second-order valence-electron chi connectivity index (χ2n) is 2.73. The van der Waals surface area contributed by atoms with Gasteiger partial charge in [0.1, 0.15) is 0 Å². The van der Waals surface area contributed by atoms with Gasteiger partial charge < -0.3 is 20.7 Å². The lowest BCUT2D eigenvalue weighted by atomic mass is 10.2. The smallest absolute Gasteiger partial charge is 0.0778 e. The Kier molecular flexibility index (Phi) is 5.41. The average molecular weight is 163 g/mol. The summed E-state index contributed by atoms with van der Waals surface area (Å²) in [5, 5.41) is 17.5. The molecule has 4 N–H and O–H groups in total. The minimum absolute atomic E-state index is 0.0213. The fourth-order valence-corrected chi connectivity index (χ4v) is 0.467. The lowest BCUT2D eigenvalue weighted by Gasteiger charge is -2.17. The van der Waals surface area contributed by atoms with Crippen molar-refractivity contribution in [2.45, 2.75) is 32.1 Å². The number of aliphatic hydroxyl groups excluding tert-OH is 2. The highest BCUT2D eigenvalue weighted by Crippen LogP contribution is 1.94. The summed E-state index contributed by atoms with van der Waals surface area (Å²) in [5.41, 5.74) is 5.46. The molecule has 0 aromatic heterocycles. The summed E-state index contributed by atoms with van der Waals surface area (Å²) in [6.45, 7) is 3.61. The first-order valence-corrected chi connectivity index (χ1v) is 3.74. The van der Waals surface area contributed by atoms with Crippen LogP contribution in [-0.4, -0.2) is 41.7 Å². The standard InChI is InChI=1S/C7H17NO3/c1-5(3-9)11-4-7(8)6(2)10/h5-7,9-10H,3-4,8H2,1-2H3. The molecule has 0 saturated heterocycles. The Morgan fingerprint density at radius 3 is 2.36 bits per heavy atom. The van der Waals surface area contributed by atoms with Gasteiger partial charge in [-0.05, 0) is 13.8 Å². The monoisotopic (exact) mass is 163 g/mol. The van der Waals surface area contributed by atoms with Crippen LogP contribution in [0.5, 0.6) is 0 Å². The zero-order valence-corrected chi connectivity index (χ0v) is 7.03. The molecule has 0 radical (unpaired) electrons. The molecule has 4 heteroatoms. The molecule has 68 valence electrons. The summed E-state index contributed by atoms with van der Waals surface area (Å²) in [7, 11) is 0. The molecule has 3 atom stereocenters. The number of rotatable bonds is 5. The first-order chi connectivity index (χ1) is 5.07. The number of hydrogen-bond acceptors (Lipinski definition) is 4. The van der Waals surface area contributed by atoms with Gasteiger partial charge in [-0.15, -0.1) is 0 Å². The summed E-state index contributed by atoms with van der Waals surface area (Å²) in [6, 6.07) is -0.371. The highest BCUT2D eigenvalue weighted by Gasteiger charge is 2.10. The van der Waals surface area contributed by atoms with Gasteiger partial charge in [0.05, 0.1) is 31.5 Å². The van der Waals surface area contributed by atoms with Crippen molar-refractivity contribution in [3.63, 3.8) is 0 Å². The number of aliphatic hydroxyl groups is 2. The molecule has 0 aliphatic heterocycles. The highest BCUT2D eigenvalue weighted by atomic mass is 16.5. The van der Waals surface area contributed by atoms with Crippen molar-refractivity contribution in [2.24, 2.45) is 5.73 Å². The summed E-state index contributed by atoms with van der Waals surface area (Å²) in [6.07, 6.45) is -0.777. The Morgan fingerprint density at radius 2 is 2.00 bits per heavy atom. The van der Waals surface area contributed by atoms with Crippen molar-refractivity contribution in [3.05, 3.63) is 0 Å². The molecule has 0 aromatic carbocycles. The lowest BCUT2D eigenvalue weighted by molar-refractivity contribution is 0.000496. The van der Waals surface area contributed by atoms with Crippen LogP contribution in [0, 0.1) is 0 Å². The van der Waals surface area contributed by atoms with Gasteiger partial charge in [-0.3, -0.25) is 0 Å². The normalized spacial score (nSPS) is 19.4. The van der Waals surface area contributed by atoms with Crippen molar-refractivity contribution in [1.29, 1.82) is 0 Å². The number of nitrogens with two attached hydrogens (primary N) is 1. The molecule has 0 bridgehead atoms. The van der Waals surface area contributed by atoms with Crippen LogP contribution in [0.25, 0.3) is 0 Å². The second-order valence-corrected chi connectivity index (χ2v) is 2.73. The predicted molar refractivity (Wildman–Crippen MR) is 42.2 cm³/mol. The largest absolute Gasteiger partial charge is 0.394 e. The van der Waals surface area contributed by atoms with Crippen LogP contribution in [-0.2, 0) is 4.74 Å². The highest BCUT2D eigenvalue weighted by molar-refractivity contribution is 4.66. The molecule has 0 aromatic rings. The third kappa shape index (κ3) is 5.15. The van der Waals surface area contributed by atoms with Crippen LogP contribution in [0.3, 0.4) is 0 Å². The van der Waals surface area contributed by atoms with Crippen molar-refractivity contribution in [2.75, 3.05) is 13.2 Å². The fourth-order valence-electron chi connectivity index (χ4n) is 0.467. The molecule has 3 unspecified atom stereocenters. The molecule has 0 saturated carbocycles. The van der Waals surface area contributed by atoms with E-state index in [0.717, 1.165) is 0 Å². The summed E-state index contributed by atoms with van der Waals surface area (Å²) in [5.74, 6) is 0. The van der Waals surface area contributed by atoms with Crippen molar-refractivity contribution < 1.29 is 14.9 Å². The van der Waals surface area contributed by atoms with E-state index in [1.807, 2.05) is 0 Å². The third-order valence-electron chi connectivity index (χ3n) is 1.45. The van der Waals surface area contributed by atoms with Crippen LogP contribution < -0.4 is 5.73 Å². The lowest BCUT2D eigenvalue weighted by Crippen LogP contribution is -2.38. The van der Waals surface area contributed by atoms with E-state index in [4.69, 9.17) is 20.7 Å². The Hall–Kier alpha value is -0.160. The maximum absolute atomic E-state index is 8.94. The van der Waals surface area contributed by atoms with Gasteiger partial charge in [-0.1, -0.05) is 0 Å². The van der Waals surface area contributed by atoms with Crippen LogP contribution >= 0.6 is 0 Å². The molecular weight excluding hydrogens is 146 g/mol. The van der Waals surface area contributed by atoms with E-state index in [0.29, 0.717) is 0 Å². The van der Waals surface area contributed by atoms with E-state index >= 15 is 0 Å². The Bertz CT molecular complexity index is 97.7. The zero-order valence-electron chi connectivity index (χ0n) is 7.03. The van der Waals surface area contributed by atoms with Crippen molar-refractivity contribution >= 4 is 0 Å². The van der Waals surface area contributed by atoms with Crippen LogP contribution in [0.15, 0.2) is 0 Å². The van der Waals surface area contributed by atoms with E-state index in [1.54, 1.807) is 13.8 Å². The molecule has 0 amide bonds. The van der Waals surface area contributed by atoms with E-state index in [-0.39, 0.29) is 25.4 Å². The van der Waals surface area contributed by atoms with Crippen molar-refractivity contribution in [1.82, 2.24) is 0 Å². The predicted octanol–water partition coefficient (Wildman–Crippen LogP) is -0.908. The first kappa shape index (κ1) is 10.8. The summed E-state index contributed by atoms with van der Waals surface area (Å²) < 4.78 is 5.08. The van der Waals surface area contributed by atoms with Gasteiger partial charge in [-0.2, -0.15) is 0 Å². The number of hydrogen-bond donors (Lipinski definition) is 3. The summed E-state index contributed by atoms with van der Waals surface area (Å²) >= 11 is 0. The maximum Gasteiger partial charge on any atom is 0.0778 e. The van der Waals surface area contributed by atoms with E-state index in [9.17, 15) is 0 Å². The van der Waals surface area contributed by atoms with Gasteiger partial charge in [0, 0.05) is 0 Å². The van der Waals surface area contributed by atoms with Gasteiger partial charge in [-0.25, -0.2) is 0 Å². The quantitative estimate of drug-likeness (QED) is 0.490. The van der Waals surface area contributed by atoms with Gasteiger partial charge in [0.25, 0.3) is 0 Å². The molecule has 0 aliphatic carbocycles. The molecular formula is C7H17NO3. The molecule has 0 heterocycles. The Morgan fingerprint density at radius 1 is 1.45 bits per heavy atom. The fraction of sp³-hybridized carbons (Fsp3) is 1.00. The molecule has 0 aliphatic rings. The topological polar surface area (TPSA) is 75.7 Å². The number of ether oxygens (including phenoxy) is 1. The second kappa shape index (κ2) is 5.49. The van der Waals surface area contributed by atoms with Gasteiger partial charge in [0.2, 0.25) is 0 Å². The molecule has 11 heavy (non-hydrogen) atoms. The van der Waals surface area contributed by atoms with E-state index in [2.05, 4.69) is 0 Å². The average Bonchev–Trinajstić information content (AvgIpc) is 1.99. The SMILES string of the molecule is CC(CO)OCC(N)C(C)O.